The van der Waals surface area contributed by atoms with Gasteiger partial charge in [-0.2, -0.15) is 0 Å². The van der Waals surface area contributed by atoms with Crippen LogP contribution in [0.2, 0.25) is 0 Å². The summed E-state index contributed by atoms with van der Waals surface area (Å²) in [6, 6.07) is 0. The van der Waals surface area contributed by atoms with Gasteiger partial charge in [-0.3, -0.25) is 0 Å². The molecule has 3 unspecified atom stereocenters. The van der Waals surface area contributed by atoms with Crippen LogP contribution in [0.15, 0.2) is 25.3 Å². The first-order valence-corrected chi connectivity index (χ1v) is 6.99. The molecule has 88 valence electrons. The standard InChI is InChI=1S/C16H24/c1-3-5-15-14-8-12-7-13(9-14)11-16(15,10-12)6-4-2/h3-4,12-15H,1-2,5-11H2. The van der Waals surface area contributed by atoms with E-state index in [9.17, 15) is 0 Å². The molecule has 0 aliphatic heterocycles. The molecule has 3 atom stereocenters. The van der Waals surface area contributed by atoms with Gasteiger partial charge in [0.15, 0.2) is 0 Å². The molecule has 0 aromatic rings. The van der Waals surface area contributed by atoms with Gasteiger partial charge in [-0.1, -0.05) is 12.2 Å². The normalized spacial score (nSPS) is 49.2. The molecule has 16 heavy (non-hydrogen) atoms. The van der Waals surface area contributed by atoms with Crippen molar-refractivity contribution in [1.82, 2.24) is 0 Å². The zero-order valence-electron chi connectivity index (χ0n) is 10.3. The van der Waals surface area contributed by atoms with Gasteiger partial charge in [0.1, 0.15) is 0 Å². The number of hydrogen-bond donors (Lipinski definition) is 0. The van der Waals surface area contributed by atoms with Crippen molar-refractivity contribution in [2.75, 3.05) is 0 Å². The molecule has 4 rings (SSSR count). The lowest BCUT2D eigenvalue weighted by molar-refractivity contribution is -0.106. The SMILES string of the molecule is C=CCC1C2CC3CC(C2)CC1(CC=C)C3. The fourth-order valence-corrected chi connectivity index (χ4v) is 5.54. The molecule has 0 aromatic carbocycles. The number of rotatable bonds is 4. The van der Waals surface area contributed by atoms with Gasteiger partial charge < -0.3 is 0 Å². The minimum Gasteiger partial charge on any atom is -0.103 e. The van der Waals surface area contributed by atoms with Crippen LogP contribution in [0.4, 0.5) is 0 Å². The van der Waals surface area contributed by atoms with Crippen LogP contribution in [-0.4, -0.2) is 0 Å². The molecule has 0 nitrogen and oxygen atoms in total. The molecule has 0 aromatic heterocycles. The van der Waals surface area contributed by atoms with E-state index in [0.717, 1.165) is 23.7 Å². The molecule has 4 saturated carbocycles. The lowest BCUT2D eigenvalue weighted by atomic mass is 9.44. The summed E-state index contributed by atoms with van der Waals surface area (Å²) >= 11 is 0. The Hall–Kier alpha value is -0.520. The van der Waals surface area contributed by atoms with Crippen molar-refractivity contribution in [2.24, 2.45) is 29.1 Å². The van der Waals surface area contributed by atoms with Gasteiger partial charge >= 0.3 is 0 Å². The van der Waals surface area contributed by atoms with E-state index in [4.69, 9.17) is 0 Å². The van der Waals surface area contributed by atoms with Crippen LogP contribution in [0, 0.1) is 29.1 Å². The summed E-state index contributed by atoms with van der Waals surface area (Å²) < 4.78 is 0. The molecule has 0 saturated heterocycles. The summed E-state index contributed by atoms with van der Waals surface area (Å²) in [7, 11) is 0. The van der Waals surface area contributed by atoms with Gasteiger partial charge in [0, 0.05) is 0 Å². The van der Waals surface area contributed by atoms with Crippen molar-refractivity contribution < 1.29 is 0 Å². The molecule has 0 heteroatoms. The predicted molar refractivity (Wildman–Crippen MR) is 69.1 cm³/mol. The molecular weight excluding hydrogens is 192 g/mol. The smallest absolute Gasteiger partial charge is 0.0224 e. The molecule has 4 fully saturated rings. The van der Waals surface area contributed by atoms with Crippen LogP contribution in [0.25, 0.3) is 0 Å². The highest BCUT2D eigenvalue weighted by Crippen LogP contribution is 2.65. The molecule has 0 N–H and O–H groups in total. The highest BCUT2D eigenvalue weighted by Gasteiger charge is 2.55. The predicted octanol–water partition coefficient (Wildman–Crippen LogP) is 4.58. The molecule has 0 heterocycles. The van der Waals surface area contributed by atoms with E-state index < -0.39 is 0 Å². The first-order chi connectivity index (χ1) is 7.77. The maximum absolute atomic E-state index is 4.01. The van der Waals surface area contributed by atoms with Crippen LogP contribution < -0.4 is 0 Å². The van der Waals surface area contributed by atoms with Gasteiger partial charge in [-0.15, -0.1) is 13.2 Å². The molecule has 0 spiro atoms. The second-order valence-electron chi connectivity index (χ2n) is 6.59. The minimum atomic E-state index is 0.630. The van der Waals surface area contributed by atoms with E-state index in [2.05, 4.69) is 25.3 Å². The van der Waals surface area contributed by atoms with Crippen molar-refractivity contribution in [3.63, 3.8) is 0 Å². The van der Waals surface area contributed by atoms with E-state index >= 15 is 0 Å². The molecule has 0 radical (unpaired) electrons. The summed E-state index contributed by atoms with van der Waals surface area (Å²) in [6.45, 7) is 7.98. The van der Waals surface area contributed by atoms with Crippen LogP contribution in [0.5, 0.6) is 0 Å². The highest BCUT2D eigenvalue weighted by atomic mass is 14.6. The Balaban J connectivity index is 1.91. The fraction of sp³-hybridized carbons (Fsp3) is 0.750. The maximum atomic E-state index is 4.01. The molecule has 4 aliphatic rings. The van der Waals surface area contributed by atoms with Crippen LogP contribution >= 0.6 is 0 Å². The van der Waals surface area contributed by atoms with Gasteiger partial charge in [0.25, 0.3) is 0 Å². The van der Waals surface area contributed by atoms with E-state index in [1.807, 2.05) is 0 Å². The van der Waals surface area contributed by atoms with Crippen molar-refractivity contribution in [1.29, 1.82) is 0 Å². The van der Waals surface area contributed by atoms with Crippen LogP contribution in [0.3, 0.4) is 0 Å². The third-order valence-corrected chi connectivity index (χ3v) is 5.66. The average molecular weight is 216 g/mol. The first-order valence-electron chi connectivity index (χ1n) is 6.99. The monoisotopic (exact) mass is 216 g/mol. The van der Waals surface area contributed by atoms with Crippen LogP contribution in [-0.2, 0) is 0 Å². The van der Waals surface area contributed by atoms with Crippen molar-refractivity contribution in [3.8, 4) is 0 Å². The van der Waals surface area contributed by atoms with Crippen molar-refractivity contribution >= 4 is 0 Å². The van der Waals surface area contributed by atoms with E-state index in [-0.39, 0.29) is 0 Å². The Morgan fingerprint density at radius 2 is 1.69 bits per heavy atom. The van der Waals surface area contributed by atoms with Gasteiger partial charge in [-0.25, -0.2) is 0 Å². The number of hydrogen-bond acceptors (Lipinski definition) is 0. The third kappa shape index (κ3) is 1.42. The molecular formula is C16H24. The average Bonchev–Trinajstić information content (AvgIpc) is 2.23. The Kier molecular flexibility index (Phi) is 2.49. The third-order valence-electron chi connectivity index (χ3n) is 5.66. The fourth-order valence-electron chi connectivity index (χ4n) is 5.54. The lowest BCUT2D eigenvalue weighted by Gasteiger charge is -2.61. The Labute approximate surface area is 99.8 Å². The van der Waals surface area contributed by atoms with Gasteiger partial charge in [-0.05, 0) is 74.0 Å². The highest BCUT2D eigenvalue weighted by molar-refractivity contribution is 5.08. The summed E-state index contributed by atoms with van der Waals surface area (Å²) in [5.74, 6) is 4.05. The Bertz CT molecular complexity index is 287. The Morgan fingerprint density at radius 3 is 2.25 bits per heavy atom. The zero-order chi connectivity index (χ0) is 11.2. The minimum absolute atomic E-state index is 0.630. The van der Waals surface area contributed by atoms with Crippen molar-refractivity contribution in [2.45, 2.75) is 44.9 Å². The topological polar surface area (TPSA) is 0 Å². The second-order valence-corrected chi connectivity index (χ2v) is 6.59. The summed E-state index contributed by atoms with van der Waals surface area (Å²) in [6.07, 6.45) is 14.4. The zero-order valence-corrected chi connectivity index (χ0v) is 10.3. The van der Waals surface area contributed by atoms with Gasteiger partial charge in [0.2, 0.25) is 0 Å². The van der Waals surface area contributed by atoms with E-state index in [1.165, 1.54) is 44.9 Å². The van der Waals surface area contributed by atoms with E-state index in [0.29, 0.717) is 5.41 Å². The van der Waals surface area contributed by atoms with Crippen LogP contribution in [0.1, 0.15) is 44.9 Å². The summed E-state index contributed by atoms with van der Waals surface area (Å²) in [5.41, 5.74) is 0.630. The molecule has 4 aliphatic carbocycles. The van der Waals surface area contributed by atoms with Gasteiger partial charge in [0.05, 0.1) is 0 Å². The molecule has 4 bridgehead atoms. The summed E-state index contributed by atoms with van der Waals surface area (Å²) in [4.78, 5) is 0. The van der Waals surface area contributed by atoms with E-state index in [1.54, 1.807) is 0 Å². The number of allylic oxidation sites excluding steroid dienone is 2. The van der Waals surface area contributed by atoms with Crippen molar-refractivity contribution in [3.05, 3.63) is 25.3 Å². The molecule has 0 amide bonds. The quantitative estimate of drug-likeness (QED) is 0.603. The summed E-state index contributed by atoms with van der Waals surface area (Å²) in [5, 5.41) is 0. The first kappa shape index (κ1) is 10.6. The Morgan fingerprint density at radius 1 is 1.00 bits per heavy atom. The maximum Gasteiger partial charge on any atom is -0.0224 e. The largest absolute Gasteiger partial charge is 0.103 e. The second kappa shape index (κ2) is 3.75. The lowest BCUT2D eigenvalue weighted by Crippen LogP contribution is -2.52.